The van der Waals surface area contributed by atoms with E-state index in [0.29, 0.717) is 6.42 Å². The molecule has 1 aromatic carbocycles. The zero-order valence-electron chi connectivity index (χ0n) is 10.3. The molecule has 0 saturated carbocycles. The van der Waals surface area contributed by atoms with Crippen molar-refractivity contribution in [2.24, 2.45) is 0 Å². The Morgan fingerprint density at radius 2 is 1.88 bits per heavy atom. The van der Waals surface area contributed by atoms with E-state index in [4.69, 9.17) is 0 Å². The van der Waals surface area contributed by atoms with Gasteiger partial charge in [0.1, 0.15) is 0 Å². The Bertz CT molecular complexity index is 316. The molecule has 0 bridgehead atoms. The number of rotatable bonds is 6. The van der Waals surface area contributed by atoms with Crippen molar-refractivity contribution in [1.29, 1.82) is 0 Å². The Hall–Kier alpha value is -1.31. The van der Waals surface area contributed by atoms with E-state index in [0.717, 1.165) is 25.8 Å². The molecule has 0 radical (unpaired) electrons. The highest BCUT2D eigenvalue weighted by molar-refractivity contribution is 5.75. The van der Waals surface area contributed by atoms with Crippen LogP contribution in [0.4, 0.5) is 0 Å². The minimum absolute atomic E-state index is 0.148. The van der Waals surface area contributed by atoms with Gasteiger partial charge in [0, 0.05) is 13.0 Å². The van der Waals surface area contributed by atoms with Gasteiger partial charge in [-0.25, -0.2) is 0 Å². The molecule has 88 valence electrons. The van der Waals surface area contributed by atoms with Gasteiger partial charge in [-0.05, 0) is 31.7 Å². The lowest BCUT2D eigenvalue weighted by Crippen LogP contribution is -2.23. The minimum atomic E-state index is 0.148. The molecule has 0 unspecified atom stereocenters. The summed E-state index contributed by atoms with van der Waals surface area (Å²) in [6, 6.07) is 8.66. The van der Waals surface area contributed by atoms with Crippen molar-refractivity contribution in [3.63, 3.8) is 0 Å². The molecule has 1 aromatic rings. The fourth-order valence-electron chi connectivity index (χ4n) is 1.56. The summed E-state index contributed by atoms with van der Waals surface area (Å²) in [6.45, 7) is 4.78. The number of unbranched alkanes of at least 4 members (excludes halogenated alkanes) is 1. The highest BCUT2D eigenvalue weighted by atomic mass is 16.1. The van der Waals surface area contributed by atoms with Gasteiger partial charge < -0.3 is 5.32 Å². The Labute approximate surface area is 98.1 Å². The monoisotopic (exact) mass is 219 g/mol. The first-order valence-electron chi connectivity index (χ1n) is 6.04. The first kappa shape index (κ1) is 12.8. The fourth-order valence-corrected chi connectivity index (χ4v) is 1.56. The molecule has 0 spiro atoms. The van der Waals surface area contributed by atoms with Crippen LogP contribution in [0.3, 0.4) is 0 Å². The Morgan fingerprint density at radius 3 is 2.50 bits per heavy atom. The number of benzene rings is 1. The Kier molecular flexibility index (Phi) is 5.62. The molecule has 0 aliphatic heterocycles. The van der Waals surface area contributed by atoms with E-state index in [2.05, 4.69) is 36.5 Å². The van der Waals surface area contributed by atoms with Gasteiger partial charge in [-0.2, -0.15) is 0 Å². The summed E-state index contributed by atoms with van der Waals surface area (Å²) in [7, 11) is 0. The van der Waals surface area contributed by atoms with Crippen LogP contribution >= 0.6 is 0 Å². The van der Waals surface area contributed by atoms with Crippen molar-refractivity contribution in [3.05, 3.63) is 35.4 Å². The molecule has 0 fully saturated rings. The second-order valence-corrected chi connectivity index (χ2v) is 4.15. The van der Waals surface area contributed by atoms with E-state index in [1.807, 2.05) is 6.92 Å². The van der Waals surface area contributed by atoms with E-state index in [1.165, 1.54) is 11.1 Å². The third-order valence-corrected chi connectivity index (χ3v) is 2.66. The van der Waals surface area contributed by atoms with Gasteiger partial charge in [-0.3, -0.25) is 4.79 Å². The molecule has 2 nitrogen and oxygen atoms in total. The molecule has 0 atom stereocenters. The molecule has 1 N–H and O–H groups in total. The second-order valence-electron chi connectivity index (χ2n) is 4.15. The quantitative estimate of drug-likeness (QED) is 0.732. The van der Waals surface area contributed by atoms with Crippen molar-refractivity contribution >= 4 is 5.91 Å². The van der Waals surface area contributed by atoms with Crippen molar-refractivity contribution in [3.8, 4) is 0 Å². The van der Waals surface area contributed by atoms with E-state index in [1.54, 1.807) is 0 Å². The summed E-state index contributed by atoms with van der Waals surface area (Å²) in [5.74, 6) is 0.148. The minimum Gasteiger partial charge on any atom is -0.356 e. The summed E-state index contributed by atoms with van der Waals surface area (Å²) in [4.78, 5) is 11.0. The second kappa shape index (κ2) is 7.04. The van der Waals surface area contributed by atoms with Gasteiger partial charge in [0.2, 0.25) is 5.91 Å². The normalized spacial score (nSPS) is 10.1. The number of hydrogen-bond acceptors (Lipinski definition) is 1. The molecule has 0 saturated heterocycles. The van der Waals surface area contributed by atoms with Crippen LogP contribution in [0.5, 0.6) is 0 Å². The van der Waals surface area contributed by atoms with E-state index in [9.17, 15) is 4.79 Å². The average Bonchev–Trinajstić information content (AvgIpc) is 2.31. The smallest absolute Gasteiger partial charge is 0.219 e. The molecule has 0 aliphatic carbocycles. The largest absolute Gasteiger partial charge is 0.356 e. The number of amides is 1. The van der Waals surface area contributed by atoms with Crippen LogP contribution in [-0.2, 0) is 11.2 Å². The van der Waals surface area contributed by atoms with Crippen molar-refractivity contribution < 1.29 is 4.79 Å². The zero-order valence-corrected chi connectivity index (χ0v) is 10.3. The number of hydrogen-bond donors (Lipinski definition) is 1. The molecular weight excluding hydrogens is 198 g/mol. The number of nitrogens with one attached hydrogen (secondary N) is 1. The third kappa shape index (κ3) is 4.96. The maximum Gasteiger partial charge on any atom is 0.219 e. The predicted octanol–water partition coefficient (Wildman–Crippen LogP) is 2.84. The lowest BCUT2D eigenvalue weighted by molar-refractivity contribution is -0.120. The summed E-state index contributed by atoms with van der Waals surface area (Å²) >= 11 is 0. The molecule has 0 aliphatic rings. The zero-order chi connectivity index (χ0) is 11.8. The van der Waals surface area contributed by atoms with Crippen LogP contribution in [0.25, 0.3) is 0 Å². The SMILES string of the molecule is CCC(=O)NCCCCc1ccc(C)cc1. The predicted molar refractivity (Wildman–Crippen MR) is 67.4 cm³/mol. The highest BCUT2D eigenvalue weighted by Crippen LogP contribution is 2.06. The maximum absolute atomic E-state index is 11.0. The van der Waals surface area contributed by atoms with Gasteiger partial charge in [0.25, 0.3) is 0 Å². The van der Waals surface area contributed by atoms with Gasteiger partial charge in [-0.1, -0.05) is 36.8 Å². The van der Waals surface area contributed by atoms with Crippen LogP contribution in [0, 0.1) is 6.92 Å². The lowest BCUT2D eigenvalue weighted by atomic mass is 10.1. The van der Waals surface area contributed by atoms with Gasteiger partial charge in [-0.15, -0.1) is 0 Å². The standard InChI is InChI=1S/C14H21NO/c1-3-14(16)15-11-5-4-6-13-9-7-12(2)8-10-13/h7-10H,3-6,11H2,1-2H3,(H,15,16). The number of carbonyl (C=O) groups is 1. The van der Waals surface area contributed by atoms with E-state index in [-0.39, 0.29) is 5.91 Å². The van der Waals surface area contributed by atoms with E-state index < -0.39 is 0 Å². The van der Waals surface area contributed by atoms with Gasteiger partial charge >= 0.3 is 0 Å². The maximum atomic E-state index is 11.0. The topological polar surface area (TPSA) is 29.1 Å². The van der Waals surface area contributed by atoms with Crippen molar-refractivity contribution in [2.75, 3.05) is 6.54 Å². The third-order valence-electron chi connectivity index (χ3n) is 2.66. The molecule has 0 heterocycles. The van der Waals surface area contributed by atoms with Crippen LogP contribution in [0.15, 0.2) is 24.3 Å². The first-order chi connectivity index (χ1) is 7.72. The van der Waals surface area contributed by atoms with Crippen LogP contribution in [0.2, 0.25) is 0 Å². The summed E-state index contributed by atoms with van der Waals surface area (Å²) in [5.41, 5.74) is 2.69. The van der Waals surface area contributed by atoms with Crippen LogP contribution < -0.4 is 5.32 Å². The molecule has 1 amide bonds. The van der Waals surface area contributed by atoms with Gasteiger partial charge in [0.15, 0.2) is 0 Å². The van der Waals surface area contributed by atoms with Crippen molar-refractivity contribution in [2.45, 2.75) is 39.5 Å². The molecule has 2 heteroatoms. The summed E-state index contributed by atoms with van der Waals surface area (Å²) in [6.07, 6.45) is 3.87. The first-order valence-corrected chi connectivity index (χ1v) is 6.04. The van der Waals surface area contributed by atoms with Crippen LogP contribution in [-0.4, -0.2) is 12.5 Å². The highest BCUT2D eigenvalue weighted by Gasteiger charge is 1.96. The molecule has 1 rings (SSSR count). The van der Waals surface area contributed by atoms with Gasteiger partial charge in [0.05, 0.1) is 0 Å². The molecule has 16 heavy (non-hydrogen) atoms. The van der Waals surface area contributed by atoms with Crippen molar-refractivity contribution in [1.82, 2.24) is 5.32 Å². The number of carbonyl (C=O) groups excluding carboxylic acids is 1. The average molecular weight is 219 g/mol. The number of aryl methyl sites for hydroxylation is 2. The van der Waals surface area contributed by atoms with Crippen LogP contribution in [0.1, 0.15) is 37.3 Å². The molecule has 0 aromatic heterocycles. The Morgan fingerprint density at radius 1 is 1.19 bits per heavy atom. The lowest BCUT2D eigenvalue weighted by Gasteiger charge is -2.04. The summed E-state index contributed by atoms with van der Waals surface area (Å²) in [5, 5.41) is 2.89. The molecular formula is C14H21NO. The Balaban J connectivity index is 2.11. The fraction of sp³-hybridized carbons (Fsp3) is 0.500. The van der Waals surface area contributed by atoms with E-state index >= 15 is 0 Å². The summed E-state index contributed by atoms with van der Waals surface area (Å²) < 4.78 is 0.